The molecule has 1 aromatic rings. The van der Waals surface area contributed by atoms with Gasteiger partial charge in [0.1, 0.15) is 5.82 Å². The van der Waals surface area contributed by atoms with Gasteiger partial charge in [0.25, 0.3) is 0 Å². The first-order valence-corrected chi connectivity index (χ1v) is 6.57. The second-order valence-corrected chi connectivity index (χ2v) is 4.51. The van der Waals surface area contributed by atoms with Crippen molar-refractivity contribution in [2.75, 3.05) is 33.9 Å². The van der Waals surface area contributed by atoms with Crippen LogP contribution in [0.1, 0.15) is 17.5 Å². The van der Waals surface area contributed by atoms with E-state index in [4.69, 9.17) is 10.00 Å². The summed E-state index contributed by atoms with van der Waals surface area (Å²) in [5.41, 5.74) is 0.834. The molecule has 0 N–H and O–H groups in total. The number of methoxy groups -OCH3 is 2. The van der Waals surface area contributed by atoms with E-state index < -0.39 is 0 Å². The third-order valence-electron chi connectivity index (χ3n) is 3.04. The maximum Gasteiger partial charge on any atom is 0.306 e. The van der Waals surface area contributed by atoms with Gasteiger partial charge >= 0.3 is 5.97 Å². The van der Waals surface area contributed by atoms with Gasteiger partial charge in [0, 0.05) is 32.3 Å². The minimum absolute atomic E-state index is 0.222. The van der Waals surface area contributed by atoms with Crippen LogP contribution in [0.4, 0.5) is 4.39 Å². The van der Waals surface area contributed by atoms with Crippen molar-refractivity contribution in [3.8, 4) is 6.07 Å². The Kier molecular flexibility index (Phi) is 7.37. The van der Waals surface area contributed by atoms with Gasteiger partial charge < -0.3 is 9.47 Å². The number of nitriles is 1. The maximum absolute atomic E-state index is 13.8. The predicted octanol–water partition coefficient (Wildman–Crippen LogP) is 1.71. The Balaban J connectivity index is 2.75. The van der Waals surface area contributed by atoms with E-state index in [2.05, 4.69) is 4.74 Å². The second kappa shape index (κ2) is 9.06. The van der Waals surface area contributed by atoms with Gasteiger partial charge in [-0.25, -0.2) is 4.39 Å². The van der Waals surface area contributed by atoms with E-state index in [1.807, 2.05) is 11.0 Å². The summed E-state index contributed by atoms with van der Waals surface area (Å²) in [6.07, 6.45) is 0.222. The molecule has 0 aliphatic heterocycles. The number of hydrogen-bond donors (Lipinski definition) is 0. The van der Waals surface area contributed by atoms with Crippen molar-refractivity contribution in [1.29, 1.82) is 5.26 Å². The van der Waals surface area contributed by atoms with E-state index in [1.165, 1.54) is 25.3 Å². The van der Waals surface area contributed by atoms with Gasteiger partial charge in [0.05, 0.1) is 31.8 Å². The molecule has 0 saturated carbocycles. The van der Waals surface area contributed by atoms with Crippen LogP contribution in [0.2, 0.25) is 0 Å². The molecule has 0 heterocycles. The van der Waals surface area contributed by atoms with E-state index in [0.29, 0.717) is 37.4 Å². The van der Waals surface area contributed by atoms with Crippen LogP contribution in [0.5, 0.6) is 0 Å². The number of esters is 1. The molecule has 0 bridgehead atoms. The zero-order valence-electron chi connectivity index (χ0n) is 12.3. The van der Waals surface area contributed by atoms with Crippen molar-refractivity contribution in [2.45, 2.75) is 13.0 Å². The number of hydrogen-bond acceptors (Lipinski definition) is 5. The monoisotopic (exact) mass is 294 g/mol. The number of ether oxygens (including phenoxy) is 2. The van der Waals surface area contributed by atoms with Crippen LogP contribution in [0.3, 0.4) is 0 Å². The van der Waals surface area contributed by atoms with Gasteiger partial charge in [-0.15, -0.1) is 0 Å². The normalized spacial score (nSPS) is 10.4. The molecule has 0 fully saturated rings. The van der Waals surface area contributed by atoms with Crippen molar-refractivity contribution in [3.63, 3.8) is 0 Å². The topological polar surface area (TPSA) is 62.6 Å². The maximum atomic E-state index is 13.8. The predicted molar refractivity (Wildman–Crippen MR) is 74.9 cm³/mol. The van der Waals surface area contributed by atoms with Crippen molar-refractivity contribution in [3.05, 3.63) is 35.1 Å². The van der Waals surface area contributed by atoms with E-state index in [-0.39, 0.29) is 18.2 Å². The first-order chi connectivity index (χ1) is 10.1. The molecule has 0 aliphatic carbocycles. The molecule has 0 radical (unpaired) electrons. The Labute approximate surface area is 123 Å². The van der Waals surface area contributed by atoms with Gasteiger partial charge in [0.2, 0.25) is 0 Å². The fourth-order valence-electron chi connectivity index (χ4n) is 1.85. The highest BCUT2D eigenvalue weighted by Gasteiger charge is 2.12. The van der Waals surface area contributed by atoms with Crippen LogP contribution in [0, 0.1) is 17.1 Å². The van der Waals surface area contributed by atoms with Gasteiger partial charge in [-0.3, -0.25) is 9.69 Å². The number of carbonyl (C=O) groups is 1. The number of carbonyl (C=O) groups excluding carboxylic acids is 1. The van der Waals surface area contributed by atoms with Crippen molar-refractivity contribution in [1.82, 2.24) is 4.90 Å². The molecule has 114 valence electrons. The smallest absolute Gasteiger partial charge is 0.306 e. The van der Waals surface area contributed by atoms with Gasteiger partial charge in [-0.1, -0.05) is 0 Å². The summed E-state index contributed by atoms with van der Waals surface area (Å²) < 4.78 is 23.4. The molecule has 0 atom stereocenters. The SMILES string of the molecule is COCCN(CCC(=O)OC)Cc1cc(C#N)ccc1F. The quantitative estimate of drug-likeness (QED) is 0.683. The van der Waals surface area contributed by atoms with E-state index in [0.717, 1.165) is 0 Å². The third kappa shape index (κ3) is 5.90. The van der Waals surface area contributed by atoms with E-state index in [1.54, 1.807) is 7.11 Å². The minimum Gasteiger partial charge on any atom is -0.469 e. The molecule has 1 rings (SSSR count). The molecule has 0 aliphatic rings. The Morgan fingerprint density at radius 2 is 2.14 bits per heavy atom. The highest BCUT2D eigenvalue weighted by Crippen LogP contribution is 2.13. The Bertz CT molecular complexity index is 514. The molecular formula is C15H19FN2O3. The zero-order valence-corrected chi connectivity index (χ0v) is 12.3. The van der Waals surface area contributed by atoms with Crippen LogP contribution >= 0.6 is 0 Å². The molecule has 0 unspecified atom stereocenters. The van der Waals surface area contributed by atoms with Crippen molar-refractivity contribution >= 4 is 5.97 Å². The molecule has 6 heteroatoms. The fraction of sp³-hybridized carbons (Fsp3) is 0.467. The number of benzene rings is 1. The first kappa shape index (κ1) is 17.1. The van der Waals surface area contributed by atoms with Crippen LogP contribution < -0.4 is 0 Å². The lowest BCUT2D eigenvalue weighted by Crippen LogP contribution is -2.30. The highest BCUT2D eigenvalue weighted by atomic mass is 19.1. The average Bonchev–Trinajstić information content (AvgIpc) is 2.51. The Hall–Kier alpha value is -1.97. The number of nitrogens with zero attached hydrogens (tertiary/aromatic N) is 2. The zero-order chi connectivity index (χ0) is 15.7. The summed E-state index contributed by atoms with van der Waals surface area (Å²) in [7, 11) is 2.91. The van der Waals surface area contributed by atoms with Crippen LogP contribution in [0.15, 0.2) is 18.2 Å². The minimum atomic E-state index is -0.366. The van der Waals surface area contributed by atoms with Crippen molar-refractivity contribution < 1.29 is 18.7 Å². The Morgan fingerprint density at radius 3 is 2.76 bits per heavy atom. The third-order valence-corrected chi connectivity index (χ3v) is 3.04. The fourth-order valence-corrected chi connectivity index (χ4v) is 1.85. The summed E-state index contributed by atoms with van der Waals surface area (Å²) in [5, 5.41) is 8.87. The lowest BCUT2D eigenvalue weighted by molar-refractivity contribution is -0.141. The summed E-state index contributed by atoms with van der Waals surface area (Å²) in [4.78, 5) is 13.1. The number of halogens is 1. The lowest BCUT2D eigenvalue weighted by atomic mass is 10.1. The standard InChI is InChI=1S/C15H19FN2O3/c1-20-8-7-18(6-5-15(19)21-2)11-13-9-12(10-17)3-4-14(13)16/h3-4,9H,5-8,11H2,1-2H3. The van der Waals surface area contributed by atoms with Crippen LogP contribution in [-0.4, -0.2) is 44.8 Å². The largest absolute Gasteiger partial charge is 0.469 e. The van der Waals surface area contributed by atoms with Gasteiger partial charge in [-0.05, 0) is 18.2 Å². The molecular weight excluding hydrogens is 275 g/mol. The van der Waals surface area contributed by atoms with Crippen LogP contribution in [0.25, 0.3) is 0 Å². The summed E-state index contributed by atoms with van der Waals surface area (Å²) in [5.74, 6) is -0.682. The summed E-state index contributed by atoms with van der Waals surface area (Å²) in [6, 6.07) is 6.23. The molecule has 0 aromatic heterocycles. The molecule has 0 spiro atoms. The van der Waals surface area contributed by atoms with E-state index in [9.17, 15) is 9.18 Å². The van der Waals surface area contributed by atoms with Crippen LogP contribution in [-0.2, 0) is 20.8 Å². The summed E-state index contributed by atoms with van der Waals surface area (Å²) >= 11 is 0. The summed E-state index contributed by atoms with van der Waals surface area (Å²) in [6.45, 7) is 1.78. The Morgan fingerprint density at radius 1 is 1.38 bits per heavy atom. The molecule has 0 amide bonds. The lowest BCUT2D eigenvalue weighted by Gasteiger charge is -2.21. The average molecular weight is 294 g/mol. The van der Waals surface area contributed by atoms with Gasteiger partial charge in [-0.2, -0.15) is 5.26 Å². The first-order valence-electron chi connectivity index (χ1n) is 6.57. The molecule has 0 saturated heterocycles. The molecule has 5 nitrogen and oxygen atoms in total. The highest BCUT2D eigenvalue weighted by molar-refractivity contribution is 5.69. The van der Waals surface area contributed by atoms with E-state index >= 15 is 0 Å². The molecule has 1 aromatic carbocycles. The molecule has 21 heavy (non-hydrogen) atoms. The van der Waals surface area contributed by atoms with Gasteiger partial charge in [0.15, 0.2) is 0 Å². The van der Waals surface area contributed by atoms with Crippen molar-refractivity contribution in [2.24, 2.45) is 0 Å². The second-order valence-electron chi connectivity index (χ2n) is 4.51. The number of rotatable bonds is 8.